The molecule has 1 aromatic rings. The summed E-state index contributed by atoms with van der Waals surface area (Å²) >= 11 is 0. The molecule has 8 heteroatoms. The molecular weight excluding hydrogens is 246 g/mol. The summed E-state index contributed by atoms with van der Waals surface area (Å²) < 4.78 is 6.00. The maximum absolute atomic E-state index is 11.2. The number of nitrogen functional groups attached to an aromatic ring is 1. The highest BCUT2D eigenvalue weighted by Crippen LogP contribution is 2.18. The van der Waals surface area contributed by atoms with Crippen molar-refractivity contribution >= 4 is 30.1 Å². The van der Waals surface area contributed by atoms with Gasteiger partial charge in [0.25, 0.3) is 0 Å². The molecule has 0 unspecified atom stereocenters. The van der Waals surface area contributed by atoms with Crippen molar-refractivity contribution in [1.29, 1.82) is 5.41 Å². The first-order chi connectivity index (χ1) is 7.47. The highest BCUT2D eigenvalue weighted by Gasteiger charge is 2.15. The van der Waals surface area contributed by atoms with Gasteiger partial charge in [-0.2, -0.15) is 5.10 Å². The van der Waals surface area contributed by atoms with E-state index in [1.54, 1.807) is 20.8 Å². The van der Waals surface area contributed by atoms with E-state index < -0.39 is 6.09 Å². The third kappa shape index (κ3) is 3.35. The smallest absolute Gasteiger partial charge is 0.411 e. The molecule has 0 radical (unpaired) electrons. The predicted octanol–water partition coefficient (Wildman–Crippen LogP) is 1.23. The third-order valence-corrected chi connectivity index (χ3v) is 2.02. The molecule has 1 heterocycles. The first kappa shape index (κ1) is 15.2. The van der Waals surface area contributed by atoms with Crippen molar-refractivity contribution in [3.63, 3.8) is 0 Å². The van der Waals surface area contributed by atoms with Gasteiger partial charge in [0.2, 0.25) is 5.96 Å². The topological polar surface area (TPSA) is 106 Å². The van der Waals surface area contributed by atoms with E-state index in [1.165, 1.54) is 4.68 Å². The fourth-order valence-electron chi connectivity index (χ4n) is 1.33. The summed E-state index contributed by atoms with van der Waals surface area (Å²) in [5.74, 6) is -0.197. The van der Waals surface area contributed by atoms with Crippen molar-refractivity contribution in [2.75, 3.05) is 11.9 Å². The molecule has 0 aliphatic rings. The van der Waals surface area contributed by atoms with Crippen LogP contribution in [0.15, 0.2) is 0 Å². The average molecular weight is 262 g/mol. The summed E-state index contributed by atoms with van der Waals surface area (Å²) in [6.45, 7) is 5.44. The maximum Gasteiger partial charge on any atom is 0.411 e. The van der Waals surface area contributed by atoms with Gasteiger partial charge in [0.15, 0.2) is 0 Å². The van der Waals surface area contributed by atoms with Gasteiger partial charge in [-0.05, 0) is 20.8 Å². The molecule has 1 rings (SSSR count). The second kappa shape index (κ2) is 6.09. The molecule has 0 saturated carbocycles. The maximum atomic E-state index is 11.2. The highest BCUT2D eigenvalue weighted by atomic mass is 35.5. The van der Waals surface area contributed by atoms with E-state index in [0.29, 0.717) is 23.7 Å². The second-order valence-electron chi connectivity index (χ2n) is 3.19. The van der Waals surface area contributed by atoms with E-state index in [4.69, 9.17) is 15.9 Å². The minimum absolute atomic E-state index is 0. The molecular formula is C9H16ClN5O2. The van der Waals surface area contributed by atoms with Gasteiger partial charge in [-0.25, -0.2) is 9.48 Å². The Morgan fingerprint density at radius 2 is 2.18 bits per heavy atom. The summed E-state index contributed by atoms with van der Waals surface area (Å²) in [4.78, 5) is 11.2. The van der Waals surface area contributed by atoms with E-state index in [2.05, 4.69) is 10.4 Å². The number of nitrogens with zero attached hydrogens (tertiary/aromatic N) is 2. The summed E-state index contributed by atoms with van der Waals surface area (Å²) in [7, 11) is 0. The molecule has 0 bridgehead atoms. The minimum Gasteiger partial charge on any atom is -0.450 e. The van der Waals surface area contributed by atoms with Crippen LogP contribution < -0.4 is 11.1 Å². The van der Waals surface area contributed by atoms with Crippen molar-refractivity contribution in [2.45, 2.75) is 20.8 Å². The molecule has 0 aliphatic carbocycles. The van der Waals surface area contributed by atoms with Crippen LogP contribution in [0.4, 0.5) is 10.5 Å². The number of carbonyl (C=O) groups excluding carboxylic acids is 1. The van der Waals surface area contributed by atoms with Crippen molar-refractivity contribution in [3.8, 4) is 0 Å². The van der Waals surface area contributed by atoms with Gasteiger partial charge < -0.3 is 10.5 Å². The van der Waals surface area contributed by atoms with Crippen LogP contribution in [0.25, 0.3) is 0 Å². The summed E-state index contributed by atoms with van der Waals surface area (Å²) in [6.07, 6.45) is -0.545. The van der Waals surface area contributed by atoms with Gasteiger partial charge in [-0.1, -0.05) is 0 Å². The normalized spacial score (nSPS) is 9.35. The number of rotatable bonds is 2. The molecule has 96 valence electrons. The number of halogens is 1. The summed E-state index contributed by atoms with van der Waals surface area (Å²) in [5.41, 5.74) is 7.03. The molecule has 0 aromatic carbocycles. The van der Waals surface area contributed by atoms with Crippen LogP contribution in [0.2, 0.25) is 0 Å². The Hall–Kier alpha value is -1.76. The van der Waals surface area contributed by atoms with Crippen molar-refractivity contribution in [3.05, 3.63) is 11.4 Å². The monoisotopic (exact) mass is 261 g/mol. The molecule has 1 aromatic heterocycles. The van der Waals surface area contributed by atoms with Crippen LogP contribution in [0.3, 0.4) is 0 Å². The van der Waals surface area contributed by atoms with Crippen LogP contribution in [0, 0.1) is 19.3 Å². The van der Waals surface area contributed by atoms with Gasteiger partial charge >= 0.3 is 6.09 Å². The lowest BCUT2D eigenvalue weighted by molar-refractivity contribution is 0.168. The van der Waals surface area contributed by atoms with Crippen LogP contribution in [-0.2, 0) is 4.74 Å². The lowest BCUT2D eigenvalue weighted by Crippen LogP contribution is -2.23. The number of aryl methyl sites for hydroxylation is 1. The third-order valence-electron chi connectivity index (χ3n) is 2.02. The summed E-state index contributed by atoms with van der Waals surface area (Å²) in [6, 6.07) is 0. The first-order valence-electron chi connectivity index (χ1n) is 4.81. The fraction of sp³-hybridized carbons (Fsp3) is 0.444. The number of amides is 1. The number of carbonyl (C=O) groups is 1. The Kier molecular flexibility index (Phi) is 5.46. The Morgan fingerprint density at radius 3 is 2.59 bits per heavy atom. The van der Waals surface area contributed by atoms with E-state index >= 15 is 0 Å². The van der Waals surface area contributed by atoms with Crippen LogP contribution in [0.1, 0.15) is 18.3 Å². The fourth-order valence-corrected chi connectivity index (χ4v) is 1.33. The standard InChI is InChI=1S/C9H15N5O2.ClH/c1-4-16-9(15)12-7-5(2)13-14(6(7)3)8(10)11;/h4H2,1-3H3,(H3,10,11)(H,12,15);1H. The summed E-state index contributed by atoms with van der Waals surface area (Å²) in [5, 5.41) is 13.9. The van der Waals surface area contributed by atoms with Crippen molar-refractivity contribution in [2.24, 2.45) is 5.73 Å². The zero-order valence-corrected chi connectivity index (χ0v) is 10.7. The Bertz CT molecular complexity index is 429. The molecule has 17 heavy (non-hydrogen) atoms. The van der Waals surface area contributed by atoms with Crippen LogP contribution in [0.5, 0.6) is 0 Å². The molecule has 0 fully saturated rings. The SMILES string of the molecule is CCOC(=O)Nc1c(C)nn(C(=N)N)c1C.Cl. The van der Waals surface area contributed by atoms with Gasteiger partial charge in [0.05, 0.1) is 23.7 Å². The number of nitrogens with one attached hydrogen (secondary N) is 2. The molecule has 0 aliphatic heterocycles. The Labute approximate surface area is 105 Å². The zero-order valence-electron chi connectivity index (χ0n) is 9.90. The number of hydrogen-bond acceptors (Lipinski definition) is 4. The predicted molar refractivity (Wildman–Crippen MR) is 66.9 cm³/mol. The van der Waals surface area contributed by atoms with E-state index in [-0.39, 0.29) is 18.4 Å². The number of ether oxygens (including phenoxy) is 1. The molecule has 0 saturated heterocycles. The van der Waals surface area contributed by atoms with Gasteiger partial charge in [0, 0.05) is 0 Å². The lowest BCUT2D eigenvalue weighted by atomic mass is 10.3. The minimum atomic E-state index is -0.545. The number of hydrogen-bond donors (Lipinski definition) is 3. The quantitative estimate of drug-likeness (QED) is 0.550. The van der Waals surface area contributed by atoms with Crippen LogP contribution >= 0.6 is 12.4 Å². The first-order valence-corrected chi connectivity index (χ1v) is 4.81. The zero-order chi connectivity index (χ0) is 12.3. The largest absolute Gasteiger partial charge is 0.450 e. The molecule has 0 atom stereocenters. The van der Waals surface area contributed by atoms with Gasteiger partial charge in [0.1, 0.15) is 0 Å². The van der Waals surface area contributed by atoms with Crippen LogP contribution in [-0.4, -0.2) is 28.4 Å². The van der Waals surface area contributed by atoms with E-state index in [1.807, 2.05) is 0 Å². The Balaban J connectivity index is 0.00000256. The van der Waals surface area contributed by atoms with E-state index in [9.17, 15) is 4.79 Å². The van der Waals surface area contributed by atoms with Crippen molar-refractivity contribution < 1.29 is 9.53 Å². The molecule has 1 amide bonds. The second-order valence-corrected chi connectivity index (χ2v) is 3.19. The Morgan fingerprint density at radius 1 is 1.59 bits per heavy atom. The number of aromatic nitrogens is 2. The molecule has 0 spiro atoms. The van der Waals surface area contributed by atoms with Crippen molar-refractivity contribution in [1.82, 2.24) is 9.78 Å². The average Bonchev–Trinajstić information content (AvgIpc) is 2.46. The van der Waals surface area contributed by atoms with Gasteiger partial charge in [-0.3, -0.25) is 10.7 Å². The number of nitrogens with two attached hydrogens (primary N) is 1. The van der Waals surface area contributed by atoms with E-state index in [0.717, 1.165) is 0 Å². The number of anilines is 1. The van der Waals surface area contributed by atoms with Gasteiger partial charge in [-0.15, -0.1) is 12.4 Å². The molecule has 7 nitrogen and oxygen atoms in total. The molecule has 4 N–H and O–H groups in total. The lowest BCUT2D eigenvalue weighted by Gasteiger charge is -2.05. The highest BCUT2D eigenvalue weighted by molar-refractivity contribution is 5.88.